The van der Waals surface area contributed by atoms with E-state index in [0.717, 1.165) is 34.9 Å². The number of benzene rings is 1. The number of thiazole rings is 1. The quantitative estimate of drug-likeness (QED) is 0.526. The van der Waals surface area contributed by atoms with Crippen molar-refractivity contribution in [3.05, 3.63) is 58.7 Å². The number of anilines is 1. The standard InChI is InChI=1S/C24H25ClN4O3S/c1-2-32-20-8-5-16(6-9-20)24-27-19(15-33-24)12-22(30)29-11-3-4-17(14-29)23(31)28-21-10-7-18(25)13-26-21/h5-10,13,15,17H,2-4,11-12,14H2,1H3,(H,26,28,31). The second-order valence-electron chi connectivity index (χ2n) is 7.81. The first-order valence-corrected chi connectivity index (χ1v) is 12.2. The summed E-state index contributed by atoms with van der Waals surface area (Å²) in [5.41, 5.74) is 1.73. The molecule has 1 aliphatic heterocycles. The lowest BCUT2D eigenvalue weighted by Gasteiger charge is -2.32. The first kappa shape index (κ1) is 23.2. The van der Waals surface area contributed by atoms with E-state index in [1.54, 1.807) is 17.0 Å². The Morgan fingerprint density at radius 2 is 2.06 bits per heavy atom. The van der Waals surface area contributed by atoms with Crippen molar-refractivity contribution in [2.24, 2.45) is 5.92 Å². The molecular weight excluding hydrogens is 460 g/mol. The summed E-state index contributed by atoms with van der Waals surface area (Å²) in [6.07, 6.45) is 3.23. The van der Waals surface area contributed by atoms with E-state index in [4.69, 9.17) is 16.3 Å². The molecule has 4 rings (SSSR count). The molecule has 1 aliphatic rings. The van der Waals surface area contributed by atoms with Gasteiger partial charge in [-0.15, -0.1) is 11.3 Å². The molecular formula is C24H25ClN4O3S. The number of nitrogens with zero attached hydrogens (tertiary/aromatic N) is 3. The van der Waals surface area contributed by atoms with Crippen molar-refractivity contribution in [1.29, 1.82) is 0 Å². The van der Waals surface area contributed by atoms with Gasteiger partial charge in [-0.05, 0) is 56.2 Å². The first-order valence-electron chi connectivity index (χ1n) is 10.9. The summed E-state index contributed by atoms with van der Waals surface area (Å²) >= 11 is 7.36. The molecule has 9 heteroatoms. The van der Waals surface area contributed by atoms with Crippen LogP contribution in [-0.2, 0) is 16.0 Å². The van der Waals surface area contributed by atoms with Gasteiger partial charge in [0.15, 0.2) is 0 Å². The van der Waals surface area contributed by atoms with Crippen LogP contribution in [0.15, 0.2) is 48.0 Å². The second-order valence-corrected chi connectivity index (χ2v) is 9.10. The average molecular weight is 485 g/mol. The number of hydrogen-bond acceptors (Lipinski definition) is 6. The van der Waals surface area contributed by atoms with Gasteiger partial charge in [-0.25, -0.2) is 9.97 Å². The fourth-order valence-electron chi connectivity index (χ4n) is 3.74. The van der Waals surface area contributed by atoms with Gasteiger partial charge >= 0.3 is 0 Å². The van der Waals surface area contributed by atoms with Crippen molar-refractivity contribution in [1.82, 2.24) is 14.9 Å². The fourth-order valence-corrected chi connectivity index (χ4v) is 4.68. The summed E-state index contributed by atoms with van der Waals surface area (Å²) in [5, 5.41) is 6.11. The minimum Gasteiger partial charge on any atom is -0.494 e. The molecule has 1 aromatic carbocycles. The summed E-state index contributed by atoms with van der Waals surface area (Å²) in [4.78, 5) is 36.1. The van der Waals surface area contributed by atoms with Crippen LogP contribution < -0.4 is 10.1 Å². The van der Waals surface area contributed by atoms with E-state index in [0.29, 0.717) is 30.5 Å². The fraction of sp³-hybridized carbons (Fsp3) is 0.333. The van der Waals surface area contributed by atoms with Crippen molar-refractivity contribution in [3.8, 4) is 16.3 Å². The van der Waals surface area contributed by atoms with E-state index >= 15 is 0 Å². The number of ether oxygens (including phenoxy) is 1. The number of carbonyl (C=O) groups is 2. The van der Waals surface area contributed by atoms with Crippen LogP contribution in [0.25, 0.3) is 10.6 Å². The minimum atomic E-state index is -0.268. The largest absolute Gasteiger partial charge is 0.494 e. The van der Waals surface area contributed by atoms with Gasteiger partial charge in [0, 0.05) is 30.2 Å². The third-order valence-corrected chi connectivity index (χ3v) is 6.58. The van der Waals surface area contributed by atoms with Crippen molar-refractivity contribution in [2.75, 3.05) is 25.0 Å². The lowest BCUT2D eigenvalue weighted by atomic mass is 9.96. The summed E-state index contributed by atoms with van der Waals surface area (Å²) in [7, 11) is 0. The Labute approximate surface area is 201 Å². The Morgan fingerprint density at radius 3 is 2.79 bits per heavy atom. The number of amides is 2. The molecule has 0 spiro atoms. The maximum absolute atomic E-state index is 12.9. The first-order chi connectivity index (χ1) is 16.0. The number of aromatic nitrogens is 2. The Hall–Kier alpha value is -2.97. The zero-order chi connectivity index (χ0) is 23.2. The van der Waals surface area contributed by atoms with Crippen molar-refractivity contribution in [2.45, 2.75) is 26.2 Å². The number of rotatable bonds is 7. The maximum Gasteiger partial charge on any atom is 0.230 e. The lowest BCUT2D eigenvalue weighted by molar-refractivity contribution is -0.134. The van der Waals surface area contributed by atoms with Gasteiger partial charge in [0.1, 0.15) is 16.6 Å². The normalized spacial score (nSPS) is 15.8. The molecule has 1 saturated heterocycles. The number of piperidine rings is 1. The third-order valence-electron chi connectivity index (χ3n) is 5.42. The molecule has 0 saturated carbocycles. The molecule has 33 heavy (non-hydrogen) atoms. The van der Waals surface area contributed by atoms with E-state index in [1.165, 1.54) is 17.5 Å². The van der Waals surface area contributed by atoms with E-state index in [9.17, 15) is 9.59 Å². The maximum atomic E-state index is 12.9. The molecule has 1 N–H and O–H groups in total. The van der Waals surface area contributed by atoms with Crippen LogP contribution in [0, 0.1) is 5.92 Å². The number of likely N-dealkylation sites (tertiary alicyclic amines) is 1. The molecule has 1 atom stereocenters. The van der Waals surface area contributed by atoms with Crippen LogP contribution in [-0.4, -0.2) is 46.4 Å². The van der Waals surface area contributed by atoms with E-state index in [2.05, 4.69) is 15.3 Å². The highest BCUT2D eigenvalue weighted by atomic mass is 35.5. The average Bonchev–Trinajstić information content (AvgIpc) is 3.30. The molecule has 3 aromatic rings. The van der Waals surface area contributed by atoms with Crippen LogP contribution in [0.1, 0.15) is 25.5 Å². The van der Waals surface area contributed by atoms with Crippen LogP contribution in [0.2, 0.25) is 5.02 Å². The molecule has 1 fully saturated rings. The lowest BCUT2D eigenvalue weighted by Crippen LogP contribution is -2.44. The van der Waals surface area contributed by atoms with Gasteiger partial charge in [-0.1, -0.05) is 11.6 Å². The van der Waals surface area contributed by atoms with Crippen LogP contribution in [0.5, 0.6) is 5.75 Å². The number of halogens is 1. The number of nitrogens with one attached hydrogen (secondary N) is 1. The summed E-state index contributed by atoms with van der Waals surface area (Å²) in [6, 6.07) is 11.1. The molecule has 7 nitrogen and oxygen atoms in total. The Balaban J connectivity index is 1.33. The number of pyridine rings is 1. The van der Waals surface area contributed by atoms with Crippen LogP contribution in [0.3, 0.4) is 0 Å². The van der Waals surface area contributed by atoms with Gasteiger partial charge < -0.3 is 15.0 Å². The van der Waals surface area contributed by atoms with Gasteiger partial charge in [0.05, 0.1) is 29.7 Å². The molecule has 3 heterocycles. The topological polar surface area (TPSA) is 84.4 Å². The molecule has 2 aromatic heterocycles. The smallest absolute Gasteiger partial charge is 0.230 e. The van der Waals surface area contributed by atoms with Crippen LogP contribution >= 0.6 is 22.9 Å². The van der Waals surface area contributed by atoms with Gasteiger partial charge in [0.25, 0.3) is 0 Å². The molecule has 2 amide bonds. The molecule has 0 aliphatic carbocycles. The van der Waals surface area contributed by atoms with E-state index in [1.807, 2.05) is 36.6 Å². The highest BCUT2D eigenvalue weighted by molar-refractivity contribution is 7.13. The monoisotopic (exact) mass is 484 g/mol. The Kier molecular flexibility index (Phi) is 7.57. The molecule has 1 unspecified atom stereocenters. The summed E-state index contributed by atoms with van der Waals surface area (Å²) < 4.78 is 5.48. The third kappa shape index (κ3) is 6.09. The minimum absolute atomic E-state index is 0.0133. The SMILES string of the molecule is CCOc1ccc(-c2nc(CC(=O)N3CCCC(C(=O)Nc4ccc(Cl)cn4)C3)cs2)cc1. The van der Waals surface area contributed by atoms with Crippen molar-refractivity contribution in [3.63, 3.8) is 0 Å². The molecule has 172 valence electrons. The zero-order valence-corrected chi connectivity index (χ0v) is 19.9. The number of carbonyl (C=O) groups excluding carboxylic acids is 2. The van der Waals surface area contributed by atoms with E-state index in [-0.39, 0.29) is 24.2 Å². The van der Waals surface area contributed by atoms with Gasteiger partial charge in [-0.2, -0.15) is 0 Å². The van der Waals surface area contributed by atoms with Crippen molar-refractivity contribution >= 4 is 40.6 Å². The predicted molar refractivity (Wildman–Crippen MR) is 130 cm³/mol. The molecule has 0 bridgehead atoms. The number of hydrogen-bond donors (Lipinski definition) is 1. The van der Waals surface area contributed by atoms with Gasteiger partial charge in [0.2, 0.25) is 11.8 Å². The highest BCUT2D eigenvalue weighted by Gasteiger charge is 2.29. The van der Waals surface area contributed by atoms with Crippen molar-refractivity contribution < 1.29 is 14.3 Å². The van der Waals surface area contributed by atoms with Gasteiger partial charge in [-0.3, -0.25) is 9.59 Å². The molecule has 0 radical (unpaired) electrons. The highest BCUT2D eigenvalue weighted by Crippen LogP contribution is 2.27. The summed E-state index contributed by atoms with van der Waals surface area (Å²) in [5.74, 6) is 0.866. The van der Waals surface area contributed by atoms with E-state index < -0.39 is 0 Å². The Bertz CT molecular complexity index is 1100. The predicted octanol–water partition coefficient (Wildman–Crippen LogP) is 4.68. The summed E-state index contributed by atoms with van der Waals surface area (Å²) in [6.45, 7) is 3.62. The second kappa shape index (κ2) is 10.8. The van der Waals surface area contributed by atoms with Crippen LogP contribution in [0.4, 0.5) is 5.82 Å². The zero-order valence-electron chi connectivity index (χ0n) is 18.3. The Morgan fingerprint density at radius 1 is 1.24 bits per heavy atom.